The second-order valence-corrected chi connectivity index (χ2v) is 6.53. The number of carbonyl (C=O) groups excluding carboxylic acids is 2. The molecule has 1 unspecified atom stereocenters. The van der Waals surface area contributed by atoms with Crippen LogP contribution < -0.4 is 10.6 Å². The molecule has 0 aromatic heterocycles. The smallest absolute Gasteiger partial charge is 0.408 e. The number of thioether (sulfide) groups is 1. The van der Waals surface area contributed by atoms with Crippen LogP contribution in [0.5, 0.6) is 0 Å². The van der Waals surface area contributed by atoms with Crippen LogP contribution in [0.2, 0.25) is 0 Å². The van der Waals surface area contributed by atoms with Crippen molar-refractivity contribution in [1.29, 1.82) is 0 Å². The molecule has 0 saturated heterocycles. The Morgan fingerprint density at radius 3 is 2.24 bits per heavy atom. The van der Waals surface area contributed by atoms with Gasteiger partial charge in [-0.1, -0.05) is 0 Å². The summed E-state index contributed by atoms with van der Waals surface area (Å²) in [5, 5.41) is 13.6. The van der Waals surface area contributed by atoms with E-state index < -0.39 is 35.7 Å². The maximum absolute atomic E-state index is 12.0. The van der Waals surface area contributed by atoms with Gasteiger partial charge in [-0.2, -0.15) is 11.8 Å². The minimum absolute atomic E-state index is 0.387. The Hall–Kier alpha value is -1.44. The molecule has 0 radical (unpaired) electrons. The zero-order valence-electron chi connectivity index (χ0n) is 13.1. The molecule has 2 atom stereocenters. The molecule has 0 aromatic carbocycles. The number of hydrogen-bond acceptors (Lipinski definition) is 5. The lowest BCUT2D eigenvalue weighted by Gasteiger charge is -2.23. The van der Waals surface area contributed by atoms with Gasteiger partial charge in [-0.15, -0.1) is 0 Å². The molecule has 0 aliphatic rings. The van der Waals surface area contributed by atoms with Gasteiger partial charge in [-0.25, -0.2) is 4.79 Å². The quantitative estimate of drug-likeness (QED) is 0.651. The largest absolute Gasteiger partial charge is 0.480 e. The minimum atomic E-state index is -1.13. The van der Waals surface area contributed by atoms with Crippen molar-refractivity contribution >= 4 is 29.7 Å². The topological polar surface area (TPSA) is 105 Å². The second kappa shape index (κ2) is 8.76. The van der Waals surface area contributed by atoms with Crippen molar-refractivity contribution in [2.24, 2.45) is 0 Å². The molecule has 0 fully saturated rings. The van der Waals surface area contributed by atoms with Crippen LogP contribution in [0.1, 0.15) is 34.1 Å². The van der Waals surface area contributed by atoms with E-state index in [9.17, 15) is 14.4 Å². The van der Waals surface area contributed by atoms with E-state index in [2.05, 4.69) is 10.6 Å². The number of amides is 2. The molecule has 2 amide bonds. The number of hydrogen-bond donors (Lipinski definition) is 3. The molecule has 0 aliphatic heterocycles. The summed E-state index contributed by atoms with van der Waals surface area (Å²) in [5.74, 6) is -1.02. The van der Waals surface area contributed by atoms with Gasteiger partial charge in [0.1, 0.15) is 17.7 Å². The molecular formula is C13H24N2O5S. The van der Waals surface area contributed by atoms with Crippen LogP contribution >= 0.6 is 11.8 Å². The van der Waals surface area contributed by atoms with Crippen molar-refractivity contribution in [3.63, 3.8) is 0 Å². The van der Waals surface area contributed by atoms with Crippen molar-refractivity contribution < 1.29 is 24.2 Å². The van der Waals surface area contributed by atoms with Gasteiger partial charge in [0.2, 0.25) is 5.91 Å². The van der Waals surface area contributed by atoms with Gasteiger partial charge in [0.15, 0.2) is 0 Å². The fourth-order valence-corrected chi connectivity index (χ4v) is 1.80. The number of carboxylic acid groups (broad SMARTS) is 1. The fourth-order valence-electron chi connectivity index (χ4n) is 1.33. The van der Waals surface area contributed by atoms with Gasteiger partial charge in [0.05, 0.1) is 0 Å². The molecule has 0 rings (SSSR count). The van der Waals surface area contributed by atoms with E-state index in [-0.39, 0.29) is 0 Å². The van der Waals surface area contributed by atoms with Crippen molar-refractivity contribution in [2.45, 2.75) is 51.8 Å². The van der Waals surface area contributed by atoms with Crippen LogP contribution in [0.15, 0.2) is 0 Å². The zero-order valence-corrected chi connectivity index (χ0v) is 13.9. The summed E-state index contributed by atoms with van der Waals surface area (Å²) in [7, 11) is 0. The average Bonchev–Trinajstić information content (AvgIpc) is 2.31. The van der Waals surface area contributed by atoms with Crippen LogP contribution in [0.25, 0.3) is 0 Å². The molecule has 0 aliphatic carbocycles. The van der Waals surface area contributed by atoms with Crippen molar-refractivity contribution in [3.05, 3.63) is 0 Å². The van der Waals surface area contributed by atoms with Gasteiger partial charge in [0.25, 0.3) is 0 Å². The minimum Gasteiger partial charge on any atom is -0.480 e. The fraction of sp³-hybridized carbons (Fsp3) is 0.769. The number of carbonyl (C=O) groups is 3. The van der Waals surface area contributed by atoms with Crippen LogP contribution in [0, 0.1) is 0 Å². The summed E-state index contributed by atoms with van der Waals surface area (Å²) >= 11 is 1.52. The second-order valence-electron chi connectivity index (χ2n) is 5.55. The van der Waals surface area contributed by atoms with E-state index in [0.29, 0.717) is 12.2 Å². The summed E-state index contributed by atoms with van der Waals surface area (Å²) in [6.07, 6.45) is 1.56. The Morgan fingerprint density at radius 1 is 1.24 bits per heavy atom. The molecule has 0 saturated carbocycles. The van der Waals surface area contributed by atoms with Crippen LogP contribution in [0.4, 0.5) is 4.79 Å². The van der Waals surface area contributed by atoms with E-state index in [0.717, 1.165) is 0 Å². The van der Waals surface area contributed by atoms with Gasteiger partial charge >= 0.3 is 12.1 Å². The van der Waals surface area contributed by atoms with Crippen molar-refractivity contribution in [3.8, 4) is 0 Å². The number of carboxylic acids is 1. The molecule has 0 aromatic rings. The molecular weight excluding hydrogens is 296 g/mol. The molecule has 7 nitrogen and oxygen atoms in total. The molecule has 21 heavy (non-hydrogen) atoms. The lowest BCUT2D eigenvalue weighted by molar-refractivity contribution is -0.141. The Morgan fingerprint density at radius 2 is 1.81 bits per heavy atom. The Balaban J connectivity index is 4.67. The highest BCUT2D eigenvalue weighted by atomic mass is 32.2. The number of alkyl carbamates (subject to hydrolysis) is 1. The highest BCUT2D eigenvalue weighted by Crippen LogP contribution is 2.08. The lowest BCUT2D eigenvalue weighted by atomic mass is 10.2. The van der Waals surface area contributed by atoms with Crippen LogP contribution in [0.3, 0.4) is 0 Å². The van der Waals surface area contributed by atoms with Crippen LogP contribution in [-0.2, 0) is 14.3 Å². The summed E-state index contributed by atoms with van der Waals surface area (Å²) in [6, 6.07) is -1.84. The van der Waals surface area contributed by atoms with Gasteiger partial charge in [0, 0.05) is 0 Å². The Bertz CT molecular complexity index is 381. The van der Waals surface area contributed by atoms with Crippen molar-refractivity contribution in [2.75, 3.05) is 12.0 Å². The summed E-state index contributed by atoms with van der Waals surface area (Å²) in [6.45, 7) is 6.52. The Kier molecular flexibility index (Phi) is 8.16. The first-order valence-corrected chi connectivity index (χ1v) is 7.98. The van der Waals surface area contributed by atoms with E-state index >= 15 is 0 Å². The predicted octanol–water partition coefficient (Wildman–Crippen LogP) is 1.22. The maximum Gasteiger partial charge on any atom is 0.408 e. The van der Waals surface area contributed by atoms with Crippen molar-refractivity contribution in [1.82, 2.24) is 10.6 Å². The Labute approximate surface area is 129 Å². The monoisotopic (exact) mass is 320 g/mol. The third-order valence-electron chi connectivity index (χ3n) is 2.35. The SMILES string of the molecule is CSCCC(NC(=O)OC(C)(C)C)C(=O)N[C@@H](C)C(=O)O. The summed E-state index contributed by atoms with van der Waals surface area (Å²) < 4.78 is 5.10. The number of ether oxygens (including phenoxy) is 1. The van der Waals surface area contributed by atoms with Crippen LogP contribution in [-0.4, -0.2) is 52.8 Å². The predicted molar refractivity (Wildman–Crippen MR) is 81.4 cm³/mol. The molecule has 0 heterocycles. The molecule has 122 valence electrons. The zero-order chi connectivity index (χ0) is 16.6. The number of nitrogens with one attached hydrogen (secondary N) is 2. The van der Waals surface area contributed by atoms with E-state index in [4.69, 9.17) is 9.84 Å². The molecule has 8 heteroatoms. The third-order valence-corrected chi connectivity index (χ3v) is 2.99. The van der Waals surface area contributed by atoms with E-state index in [1.807, 2.05) is 6.26 Å². The molecule has 0 spiro atoms. The standard InChI is InChI=1S/C13H24N2O5S/c1-8(11(17)18)14-10(16)9(6-7-21-5)15-12(19)20-13(2,3)4/h8-9H,6-7H2,1-5H3,(H,14,16)(H,15,19)(H,17,18)/t8-,9?/m0/s1. The first kappa shape index (κ1) is 19.6. The van der Waals surface area contributed by atoms with Gasteiger partial charge in [-0.3, -0.25) is 9.59 Å². The third kappa shape index (κ3) is 9.17. The van der Waals surface area contributed by atoms with Gasteiger partial charge < -0.3 is 20.5 Å². The summed E-state index contributed by atoms with van der Waals surface area (Å²) in [4.78, 5) is 34.5. The number of rotatable bonds is 7. The first-order chi connectivity index (χ1) is 9.56. The lowest BCUT2D eigenvalue weighted by Crippen LogP contribution is -2.51. The van der Waals surface area contributed by atoms with E-state index in [1.54, 1.807) is 20.8 Å². The first-order valence-electron chi connectivity index (χ1n) is 6.58. The van der Waals surface area contributed by atoms with E-state index in [1.165, 1.54) is 18.7 Å². The average molecular weight is 320 g/mol. The molecule has 3 N–H and O–H groups in total. The number of aliphatic carboxylic acids is 1. The molecule has 0 bridgehead atoms. The highest BCUT2D eigenvalue weighted by molar-refractivity contribution is 7.98. The van der Waals surface area contributed by atoms with Gasteiger partial charge in [-0.05, 0) is 46.1 Å². The maximum atomic E-state index is 12.0. The summed E-state index contributed by atoms with van der Waals surface area (Å²) in [5.41, 5.74) is -0.668. The normalized spacial score (nSPS) is 14.0. The highest BCUT2D eigenvalue weighted by Gasteiger charge is 2.26.